The molecule has 17 heavy (non-hydrogen) atoms. The monoisotopic (exact) mass is 233 g/mol. The normalized spacial score (nSPS) is 28.5. The van der Waals surface area contributed by atoms with Gasteiger partial charge < -0.3 is 15.1 Å². The van der Waals surface area contributed by atoms with Gasteiger partial charge in [0.25, 0.3) is 0 Å². The van der Waals surface area contributed by atoms with Crippen LogP contribution in [0.25, 0.3) is 0 Å². The second-order valence-electron chi connectivity index (χ2n) is 5.34. The predicted molar refractivity (Wildman–Crippen MR) is 66.5 cm³/mol. The van der Waals surface area contributed by atoms with Crippen LogP contribution in [0.4, 0.5) is 0 Å². The van der Waals surface area contributed by atoms with Crippen LogP contribution in [0.3, 0.4) is 0 Å². The van der Waals surface area contributed by atoms with Crippen molar-refractivity contribution in [2.75, 3.05) is 13.6 Å². The molecule has 1 saturated heterocycles. The fourth-order valence-electron chi connectivity index (χ4n) is 3.55. The maximum atomic E-state index is 9.94. The zero-order valence-electron chi connectivity index (χ0n) is 10.2. The number of likely N-dealkylation sites (tertiary alicyclic amines) is 1. The molecular formula is C14H19NO2. The lowest BCUT2D eigenvalue weighted by Gasteiger charge is -2.43. The SMILES string of the molecule is CN1CCC[C@H]2c3ccc(O)c(O)c3CC[C@H]21. The van der Waals surface area contributed by atoms with Crippen molar-refractivity contribution in [1.82, 2.24) is 4.90 Å². The summed E-state index contributed by atoms with van der Waals surface area (Å²) in [5.41, 5.74) is 2.23. The zero-order valence-corrected chi connectivity index (χ0v) is 10.2. The molecule has 0 radical (unpaired) electrons. The number of hydrogen-bond donors (Lipinski definition) is 2. The highest BCUT2D eigenvalue weighted by Gasteiger charge is 2.35. The van der Waals surface area contributed by atoms with Crippen LogP contribution in [0.15, 0.2) is 12.1 Å². The van der Waals surface area contributed by atoms with Gasteiger partial charge in [-0.05, 0) is 56.8 Å². The van der Waals surface area contributed by atoms with Crippen molar-refractivity contribution in [3.63, 3.8) is 0 Å². The van der Waals surface area contributed by atoms with Crippen molar-refractivity contribution in [1.29, 1.82) is 0 Å². The predicted octanol–water partition coefficient (Wildman–Crippen LogP) is 2.22. The van der Waals surface area contributed by atoms with Crippen LogP contribution in [0.5, 0.6) is 11.5 Å². The van der Waals surface area contributed by atoms with Crippen LogP contribution in [-0.4, -0.2) is 34.7 Å². The molecule has 1 aromatic carbocycles. The molecular weight excluding hydrogens is 214 g/mol. The van der Waals surface area contributed by atoms with E-state index in [1.165, 1.54) is 24.9 Å². The summed E-state index contributed by atoms with van der Waals surface area (Å²) >= 11 is 0. The van der Waals surface area contributed by atoms with E-state index in [0.29, 0.717) is 12.0 Å². The highest BCUT2D eigenvalue weighted by atomic mass is 16.3. The van der Waals surface area contributed by atoms with E-state index in [9.17, 15) is 10.2 Å². The van der Waals surface area contributed by atoms with E-state index in [-0.39, 0.29) is 11.5 Å². The number of phenols is 2. The molecule has 1 aromatic rings. The summed E-state index contributed by atoms with van der Waals surface area (Å²) in [6, 6.07) is 4.24. The van der Waals surface area contributed by atoms with Gasteiger partial charge in [-0.2, -0.15) is 0 Å². The lowest BCUT2D eigenvalue weighted by molar-refractivity contribution is 0.143. The van der Waals surface area contributed by atoms with E-state index in [2.05, 4.69) is 11.9 Å². The van der Waals surface area contributed by atoms with Crippen molar-refractivity contribution < 1.29 is 10.2 Å². The van der Waals surface area contributed by atoms with Gasteiger partial charge in [0, 0.05) is 11.6 Å². The Balaban J connectivity index is 2.05. The third-order valence-electron chi connectivity index (χ3n) is 4.44. The molecule has 0 bridgehead atoms. The molecule has 0 spiro atoms. The van der Waals surface area contributed by atoms with E-state index in [1.54, 1.807) is 6.07 Å². The van der Waals surface area contributed by atoms with Crippen molar-refractivity contribution in [2.45, 2.75) is 37.6 Å². The number of fused-ring (bicyclic) bond motifs is 3. The molecule has 2 aliphatic rings. The lowest BCUT2D eigenvalue weighted by Crippen LogP contribution is -2.43. The first-order valence-corrected chi connectivity index (χ1v) is 6.42. The minimum absolute atomic E-state index is 0.0198. The molecule has 0 unspecified atom stereocenters. The Labute approximate surface area is 102 Å². The maximum absolute atomic E-state index is 9.94. The molecule has 1 aliphatic heterocycles. The van der Waals surface area contributed by atoms with Crippen LogP contribution in [0, 0.1) is 0 Å². The first-order valence-electron chi connectivity index (χ1n) is 6.42. The molecule has 2 N–H and O–H groups in total. The summed E-state index contributed by atoms with van der Waals surface area (Å²) in [4.78, 5) is 2.45. The minimum atomic E-state index is 0.0198. The molecule has 92 valence electrons. The van der Waals surface area contributed by atoms with Crippen molar-refractivity contribution >= 4 is 0 Å². The third kappa shape index (κ3) is 1.61. The van der Waals surface area contributed by atoms with Crippen LogP contribution in [0.2, 0.25) is 0 Å². The second kappa shape index (κ2) is 3.91. The van der Waals surface area contributed by atoms with Gasteiger partial charge in [-0.1, -0.05) is 6.07 Å². The molecule has 1 aliphatic carbocycles. The average Bonchev–Trinajstić information content (AvgIpc) is 2.34. The first kappa shape index (κ1) is 10.9. The van der Waals surface area contributed by atoms with E-state index in [0.717, 1.165) is 18.4 Å². The summed E-state index contributed by atoms with van der Waals surface area (Å²) in [6.45, 7) is 1.18. The van der Waals surface area contributed by atoms with E-state index in [4.69, 9.17) is 0 Å². The number of benzene rings is 1. The van der Waals surface area contributed by atoms with E-state index < -0.39 is 0 Å². The Hall–Kier alpha value is -1.22. The fourth-order valence-corrected chi connectivity index (χ4v) is 3.55. The zero-order chi connectivity index (χ0) is 12.0. The molecule has 3 nitrogen and oxygen atoms in total. The van der Waals surface area contributed by atoms with Gasteiger partial charge in [0.15, 0.2) is 11.5 Å². The van der Waals surface area contributed by atoms with Gasteiger partial charge in [-0.25, -0.2) is 0 Å². The largest absolute Gasteiger partial charge is 0.504 e. The van der Waals surface area contributed by atoms with Crippen LogP contribution in [0.1, 0.15) is 36.3 Å². The lowest BCUT2D eigenvalue weighted by atomic mass is 9.74. The van der Waals surface area contributed by atoms with Crippen molar-refractivity contribution in [2.24, 2.45) is 0 Å². The summed E-state index contributed by atoms with van der Waals surface area (Å²) in [5, 5.41) is 19.5. The van der Waals surface area contributed by atoms with Crippen LogP contribution < -0.4 is 0 Å². The summed E-state index contributed by atoms with van der Waals surface area (Å²) in [5.74, 6) is 0.657. The molecule has 2 atom stereocenters. The van der Waals surface area contributed by atoms with Gasteiger partial charge in [0.1, 0.15) is 0 Å². The van der Waals surface area contributed by atoms with Crippen molar-refractivity contribution in [3.05, 3.63) is 23.3 Å². The molecule has 1 fully saturated rings. The van der Waals surface area contributed by atoms with E-state index >= 15 is 0 Å². The Morgan fingerprint density at radius 1 is 1.24 bits per heavy atom. The van der Waals surface area contributed by atoms with Gasteiger partial charge in [0.2, 0.25) is 0 Å². The topological polar surface area (TPSA) is 43.7 Å². The minimum Gasteiger partial charge on any atom is -0.504 e. The van der Waals surface area contributed by atoms with E-state index in [1.807, 2.05) is 6.07 Å². The molecule has 3 heteroatoms. The standard InChI is InChI=1S/C14H19NO2/c1-15-8-2-3-10-9-5-7-13(16)14(17)11(9)4-6-12(10)15/h5,7,10,12,16-17H,2-4,6,8H2,1H3/t10-,12+/m0/s1. The Kier molecular flexibility index (Phi) is 2.51. The number of likely N-dealkylation sites (N-methyl/N-ethyl adjacent to an activating group) is 1. The average molecular weight is 233 g/mol. The number of aromatic hydroxyl groups is 2. The first-order chi connectivity index (χ1) is 8.18. The third-order valence-corrected chi connectivity index (χ3v) is 4.44. The summed E-state index contributed by atoms with van der Waals surface area (Å²) in [6.07, 6.45) is 4.39. The van der Waals surface area contributed by atoms with Crippen LogP contribution in [-0.2, 0) is 6.42 Å². The smallest absolute Gasteiger partial charge is 0.160 e. The fraction of sp³-hybridized carbons (Fsp3) is 0.571. The van der Waals surface area contributed by atoms with Gasteiger partial charge in [0.05, 0.1) is 0 Å². The van der Waals surface area contributed by atoms with Gasteiger partial charge in [-0.15, -0.1) is 0 Å². The molecule has 3 rings (SSSR count). The molecule has 1 heterocycles. The highest BCUT2D eigenvalue weighted by Crippen LogP contribution is 2.45. The van der Waals surface area contributed by atoms with Gasteiger partial charge in [-0.3, -0.25) is 0 Å². The number of nitrogens with zero attached hydrogens (tertiary/aromatic N) is 1. The Morgan fingerprint density at radius 2 is 2.06 bits per heavy atom. The Morgan fingerprint density at radius 3 is 2.88 bits per heavy atom. The summed E-state index contributed by atoms with van der Waals surface area (Å²) in [7, 11) is 2.20. The molecule has 0 saturated carbocycles. The van der Waals surface area contributed by atoms with Crippen molar-refractivity contribution in [3.8, 4) is 11.5 Å². The molecule has 0 aromatic heterocycles. The number of phenolic OH excluding ortho intramolecular Hbond substituents is 2. The van der Waals surface area contributed by atoms with Gasteiger partial charge >= 0.3 is 0 Å². The molecule has 0 amide bonds. The number of rotatable bonds is 0. The number of hydrogen-bond acceptors (Lipinski definition) is 3. The maximum Gasteiger partial charge on any atom is 0.160 e. The highest BCUT2D eigenvalue weighted by molar-refractivity contribution is 5.51. The quantitative estimate of drug-likeness (QED) is 0.675. The number of piperidine rings is 1. The second-order valence-corrected chi connectivity index (χ2v) is 5.34. The summed E-state index contributed by atoms with van der Waals surface area (Å²) < 4.78 is 0. The Bertz CT molecular complexity index is 444. The van der Waals surface area contributed by atoms with Crippen LogP contribution >= 0.6 is 0 Å².